The summed E-state index contributed by atoms with van der Waals surface area (Å²) in [4.78, 5) is 35.7. The maximum Gasteiger partial charge on any atom is 0.308 e. The lowest BCUT2D eigenvalue weighted by atomic mass is 10.1. The predicted molar refractivity (Wildman–Crippen MR) is 128 cm³/mol. The molecule has 10 heteroatoms. The fraction of sp³-hybridized carbons (Fsp3) is 0.0833. The van der Waals surface area contributed by atoms with Crippen molar-refractivity contribution in [2.45, 2.75) is 16.6 Å². The third kappa shape index (κ3) is 5.80. The molecule has 0 aliphatic carbocycles. The van der Waals surface area contributed by atoms with Crippen LogP contribution >= 0.6 is 0 Å². The maximum atomic E-state index is 13.3. The zero-order valence-electron chi connectivity index (χ0n) is 17.8. The number of hydrogen-bond donors (Lipinski definition) is 4. The third-order valence-electron chi connectivity index (χ3n) is 4.88. The smallest absolute Gasteiger partial charge is 0.308 e. The maximum absolute atomic E-state index is 13.3. The average molecular weight is 476 g/mol. The summed E-state index contributed by atoms with van der Waals surface area (Å²) in [5, 5.41) is 14.4. The molecule has 2 heterocycles. The molecule has 2 atom stereocenters. The van der Waals surface area contributed by atoms with Crippen LogP contribution in [0, 0.1) is 0 Å². The molecule has 0 spiro atoms. The van der Waals surface area contributed by atoms with Crippen molar-refractivity contribution in [3.63, 3.8) is 0 Å². The number of carboxylic acid groups (broad SMARTS) is 1. The molecule has 0 aliphatic rings. The Morgan fingerprint density at radius 3 is 2.62 bits per heavy atom. The van der Waals surface area contributed by atoms with E-state index in [0.29, 0.717) is 33.3 Å². The van der Waals surface area contributed by atoms with Gasteiger partial charge in [0.15, 0.2) is 10.1 Å². The highest BCUT2D eigenvalue weighted by Crippen LogP contribution is 2.32. The van der Waals surface area contributed by atoms with Gasteiger partial charge in [-0.15, -0.1) is 0 Å². The molecule has 2 aromatic heterocycles. The van der Waals surface area contributed by atoms with Crippen molar-refractivity contribution in [2.24, 2.45) is 0 Å². The number of carboxylic acids is 1. The van der Waals surface area contributed by atoms with Gasteiger partial charge in [-0.1, -0.05) is 18.2 Å². The van der Waals surface area contributed by atoms with Gasteiger partial charge in [-0.05, 0) is 47.6 Å². The van der Waals surface area contributed by atoms with Gasteiger partial charge in [0.25, 0.3) is 5.91 Å². The molecule has 34 heavy (non-hydrogen) atoms. The number of nitrogens with one attached hydrogen (secondary N) is 3. The number of hydrogen-bond acceptors (Lipinski definition) is 6. The Bertz CT molecular complexity index is 1270. The van der Waals surface area contributed by atoms with Crippen LogP contribution < -0.4 is 10.6 Å². The molecule has 172 valence electrons. The van der Waals surface area contributed by atoms with E-state index in [4.69, 9.17) is 0 Å². The van der Waals surface area contributed by atoms with Gasteiger partial charge in [-0.2, -0.15) is 0 Å². The number of benzene rings is 2. The Balaban J connectivity index is 1.51. The largest absolute Gasteiger partial charge is 0.611 e. The van der Waals surface area contributed by atoms with E-state index < -0.39 is 22.4 Å². The molecule has 4 rings (SSSR count). The third-order valence-corrected chi connectivity index (χ3v) is 6.56. The highest BCUT2D eigenvalue weighted by molar-refractivity contribution is 7.91. The van der Waals surface area contributed by atoms with Gasteiger partial charge in [0.05, 0.1) is 6.42 Å². The molecule has 9 nitrogen and oxygen atoms in total. The van der Waals surface area contributed by atoms with E-state index in [9.17, 15) is 19.2 Å². The Morgan fingerprint density at radius 1 is 1.06 bits per heavy atom. The molecule has 2 unspecified atom stereocenters. The number of pyridine rings is 1. The van der Waals surface area contributed by atoms with Gasteiger partial charge in [0.1, 0.15) is 0 Å². The normalized spacial score (nSPS) is 12.5. The van der Waals surface area contributed by atoms with Crippen molar-refractivity contribution < 1.29 is 19.2 Å². The summed E-state index contributed by atoms with van der Waals surface area (Å²) >= 11 is -1.68. The van der Waals surface area contributed by atoms with Crippen LogP contribution in [0.2, 0.25) is 0 Å². The highest BCUT2D eigenvalue weighted by atomic mass is 32.2. The summed E-state index contributed by atoms with van der Waals surface area (Å²) in [6, 6.07) is 16.9. The minimum absolute atomic E-state index is 0.315. The van der Waals surface area contributed by atoms with Crippen molar-refractivity contribution in [3.8, 4) is 0 Å². The molecule has 0 saturated heterocycles. The molecule has 0 aliphatic heterocycles. The van der Waals surface area contributed by atoms with Gasteiger partial charge in [0, 0.05) is 53.4 Å². The van der Waals surface area contributed by atoms with Crippen LogP contribution in [0.4, 0.5) is 17.3 Å². The summed E-state index contributed by atoms with van der Waals surface area (Å²) in [5.74, 6) is -0.854. The number of carbonyl (C=O) groups is 2. The molecule has 4 aromatic rings. The van der Waals surface area contributed by atoms with E-state index in [-0.39, 0.29) is 12.3 Å². The number of aromatic nitrogens is 3. The number of H-pyrrole nitrogens is 1. The van der Waals surface area contributed by atoms with Crippen molar-refractivity contribution in [2.75, 3.05) is 10.6 Å². The minimum atomic E-state index is -1.68. The van der Waals surface area contributed by atoms with Gasteiger partial charge in [-0.25, -0.2) is 4.98 Å². The Kier molecular flexibility index (Phi) is 7.21. The fourth-order valence-electron chi connectivity index (χ4n) is 3.32. The summed E-state index contributed by atoms with van der Waals surface area (Å²) in [5.41, 5.74) is 2.12. The molecular formula is C24H21N5O4S. The number of rotatable bonds is 9. The number of carbonyl (C=O) groups excluding carboxylic acids is 1. The summed E-state index contributed by atoms with van der Waals surface area (Å²) < 4.78 is 13.3. The molecule has 0 saturated carbocycles. The van der Waals surface area contributed by atoms with E-state index in [1.54, 1.807) is 73.2 Å². The number of nitrogens with zero attached hydrogens (tertiary/aromatic N) is 2. The number of anilines is 3. The molecular weight excluding hydrogens is 454 g/mol. The van der Waals surface area contributed by atoms with Crippen molar-refractivity contribution >= 4 is 40.4 Å². The lowest BCUT2D eigenvalue weighted by Gasteiger charge is -2.20. The molecule has 0 radical (unpaired) electrons. The van der Waals surface area contributed by atoms with Crippen molar-refractivity contribution in [1.82, 2.24) is 15.0 Å². The number of aliphatic carboxylic acids is 1. The van der Waals surface area contributed by atoms with E-state index in [1.807, 2.05) is 6.07 Å². The first kappa shape index (κ1) is 23.0. The summed E-state index contributed by atoms with van der Waals surface area (Å²) in [6.45, 7) is 0. The molecule has 0 bridgehead atoms. The van der Waals surface area contributed by atoms with E-state index in [1.165, 1.54) is 6.20 Å². The van der Waals surface area contributed by atoms with Gasteiger partial charge >= 0.3 is 5.97 Å². The van der Waals surface area contributed by atoms with E-state index in [2.05, 4.69) is 25.6 Å². The van der Waals surface area contributed by atoms with Gasteiger partial charge in [-0.3, -0.25) is 14.6 Å². The monoisotopic (exact) mass is 475 g/mol. The standard InChI is InChI=1S/C24H21N5O4S/c30-22(31)14-21(17-5-3-9-25-15-17)34(33)20-8-2-7-19(13-20)28-23(32)16-4-1-6-18(12-16)29-24-26-10-11-27-24/h1-13,15,21H,14H2,(H,28,32)(H,30,31)(H2,26,27,29). The van der Waals surface area contributed by atoms with Crippen LogP contribution in [0.5, 0.6) is 0 Å². The SMILES string of the molecule is O=C(O)CC(c1cccnc1)[S+]([O-])c1cccc(NC(=O)c2cccc(Nc3ncc[nH]3)c2)c1. The van der Waals surface area contributed by atoms with E-state index in [0.717, 1.165) is 0 Å². The van der Waals surface area contributed by atoms with Crippen LogP contribution in [-0.2, 0) is 16.0 Å². The van der Waals surface area contributed by atoms with Crippen LogP contribution in [-0.4, -0.2) is 36.5 Å². The second-order valence-electron chi connectivity index (χ2n) is 7.30. The average Bonchev–Trinajstić information content (AvgIpc) is 3.36. The quantitative estimate of drug-likeness (QED) is 0.267. The topological polar surface area (TPSA) is 143 Å². The molecule has 2 aromatic carbocycles. The van der Waals surface area contributed by atoms with Crippen molar-refractivity contribution in [3.05, 3.63) is 96.6 Å². The number of amides is 1. The molecule has 0 fully saturated rings. The van der Waals surface area contributed by atoms with Gasteiger partial charge in [0.2, 0.25) is 5.95 Å². The summed E-state index contributed by atoms with van der Waals surface area (Å²) in [6.07, 6.45) is 6.07. The Morgan fingerprint density at radius 2 is 1.88 bits per heavy atom. The molecule has 1 amide bonds. The zero-order chi connectivity index (χ0) is 23.9. The fourth-order valence-corrected chi connectivity index (χ4v) is 4.78. The lowest BCUT2D eigenvalue weighted by Crippen LogP contribution is -2.18. The first-order valence-corrected chi connectivity index (χ1v) is 11.5. The molecule has 4 N–H and O–H groups in total. The van der Waals surface area contributed by atoms with Crippen molar-refractivity contribution in [1.29, 1.82) is 0 Å². The van der Waals surface area contributed by atoms with Crippen LogP contribution in [0.1, 0.15) is 27.6 Å². The second-order valence-corrected chi connectivity index (χ2v) is 8.93. The van der Waals surface area contributed by atoms with Crippen LogP contribution in [0.3, 0.4) is 0 Å². The lowest BCUT2D eigenvalue weighted by molar-refractivity contribution is -0.137. The number of aromatic amines is 1. The zero-order valence-corrected chi connectivity index (χ0v) is 18.7. The predicted octanol–water partition coefficient (Wildman–Crippen LogP) is 4.12. The Hall–Kier alpha value is -4.15. The van der Waals surface area contributed by atoms with Crippen LogP contribution in [0.15, 0.2) is 90.3 Å². The first-order valence-electron chi connectivity index (χ1n) is 10.3. The summed E-state index contributed by atoms with van der Waals surface area (Å²) in [7, 11) is 0. The second kappa shape index (κ2) is 10.6. The highest BCUT2D eigenvalue weighted by Gasteiger charge is 2.30. The van der Waals surface area contributed by atoms with E-state index >= 15 is 0 Å². The Labute approximate surface area is 198 Å². The minimum Gasteiger partial charge on any atom is -0.611 e. The number of imidazole rings is 1. The first-order chi connectivity index (χ1) is 16.5. The van der Waals surface area contributed by atoms with Gasteiger partial charge < -0.3 is 25.3 Å². The van der Waals surface area contributed by atoms with Crippen LogP contribution in [0.25, 0.3) is 0 Å².